The number of halogens is 2. The summed E-state index contributed by atoms with van der Waals surface area (Å²) in [5.41, 5.74) is 1.88. The Hall–Kier alpha value is -1.19. The third-order valence-corrected chi connectivity index (χ3v) is 3.45. The third kappa shape index (κ3) is 3.18. The molecule has 0 amide bonds. The van der Waals surface area contributed by atoms with Gasteiger partial charge in [0.2, 0.25) is 0 Å². The standard InChI is InChI=1S/C15H15BrFN/c1-18-15(13-7-2-3-8-14(13)17)10-11-5-4-6-12(16)9-11/h2-9,15,18H,10H2,1H3. The van der Waals surface area contributed by atoms with Crippen molar-refractivity contribution in [2.45, 2.75) is 12.5 Å². The first-order valence-corrected chi connectivity index (χ1v) is 6.66. The minimum Gasteiger partial charge on any atom is -0.313 e. The van der Waals surface area contributed by atoms with E-state index >= 15 is 0 Å². The SMILES string of the molecule is CNC(Cc1cccc(Br)c1)c1ccccc1F. The van der Waals surface area contributed by atoms with Gasteiger partial charge in [-0.15, -0.1) is 0 Å². The Morgan fingerprint density at radius 1 is 1.17 bits per heavy atom. The molecule has 94 valence electrons. The van der Waals surface area contributed by atoms with E-state index in [2.05, 4.69) is 33.4 Å². The lowest BCUT2D eigenvalue weighted by Gasteiger charge is -2.17. The number of hydrogen-bond donors (Lipinski definition) is 1. The summed E-state index contributed by atoms with van der Waals surface area (Å²) in [5.74, 6) is -0.160. The predicted molar refractivity (Wildman–Crippen MR) is 76.0 cm³/mol. The van der Waals surface area contributed by atoms with Crippen LogP contribution in [0.2, 0.25) is 0 Å². The lowest BCUT2D eigenvalue weighted by atomic mass is 9.98. The molecule has 0 spiro atoms. The summed E-state index contributed by atoms with van der Waals surface area (Å²) in [5, 5.41) is 3.17. The number of nitrogens with one attached hydrogen (secondary N) is 1. The zero-order valence-electron chi connectivity index (χ0n) is 10.2. The van der Waals surface area contributed by atoms with E-state index in [1.165, 1.54) is 11.6 Å². The van der Waals surface area contributed by atoms with Crippen LogP contribution in [0.3, 0.4) is 0 Å². The Morgan fingerprint density at radius 3 is 2.61 bits per heavy atom. The summed E-state index contributed by atoms with van der Waals surface area (Å²) < 4.78 is 14.8. The van der Waals surface area contributed by atoms with E-state index in [-0.39, 0.29) is 11.9 Å². The lowest BCUT2D eigenvalue weighted by molar-refractivity contribution is 0.534. The molecule has 1 unspecified atom stereocenters. The van der Waals surface area contributed by atoms with Crippen LogP contribution in [-0.4, -0.2) is 7.05 Å². The maximum atomic E-state index is 13.8. The zero-order valence-corrected chi connectivity index (χ0v) is 11.7. The second kappa shape index (κ2) is 6.12. The third-order valence-electron chi connectivity index (χ3n) is 2.96. The molecule has 0 aliphatic rings. The van der Waals surface area contributed by atoms with E-state index in [1.54, 1.807) is 6.07 Å². The van der Waals surface area contributed by atoms with E-state index in [4.69, 9.17) is 0 Å². The van der Waals surface area contributed by atoms with Gasteiger partial charge in [-0.3, -0.25) is 0 Å². The van der Waals surface area contributed by atoms with Crippen molar-refractivity contribution >= 4 is 15.9 Å². The fraction of sp³-hybridized carbons (Fsp3) is 0.200. The molecule has 0 aliphatic heterocycles. The fourth-order valence-corrected chi connectivity index (χ4v) is 2.47. The summed E-state index contributed by atoms with van der Waals surface area (Å²) in [7, 11) is 1.86. The molecule has 2 rings (SSSR count). The van der Waals surface area contributed by atoms with Crippen molar-refractivity contribution in [2.75, 3.05) is 7.05 Å². The minimum atomic E-state index is -0.160. The first-order valence-electron chi connectivity index (χ1n) is 5.87. The van der Waals surface area contributed by atoms with Gasteiger partial charge in [-0.25, -0.2) is 4.39 Å². The molecule has 0 heterocycles. The van der Waals surface area contributed by atoms with Crippen molar-refractivity contribution in [2.24, 2.45) is 0 Å². The van der Waals surface area contributed by atoms with Crippen LogP contribution in [0.25, 0.3) is 0 Å². The van der Waals surface area contributed by atoms with E-state index in [1.807, 2.05) is 31.3 Å². The molecule has 0 saturated heterocycles. The molecule has 3 heteroatoms. The number of rotatable bonds is 4. The highest BCUT2D eigenvalue weighted by molar-refractivity contribution is 9.10. The van der Waals surface area contributed by atoms with Gasteiger partial charge in [-0.1, -0.05) is 46.3 Å². The highest BCUT2D eigenvalue weighted by atomic mass is 79.9. The fourth-order valence-electron chi connectivity index (χ4n) is 2.02. The summed E-state index contributed by atoms with van der Waals surface area (Å²) in [6.07, 6.45) is 0.761. The van der Waals surface area contributed by atoms with Crippen molar-refractivity contribution in [3.05, 3.63) is 69.9 Å². The minimum absolute atomic E-state index is 0.0134. The molecule has 1 nitrogen and oxygen atoms in total. The van der Waals surface area contributed by atoms with Gasteiger partial charge in [0.1, 0.15) is 5.82 Å². The lowest BCUT2D eigenvalue weighted by Crippen LogP contribution is -2.20. The molecule has 2 aromatic rings. The van der Waals surface area contributed by atoms with Gasteiger partial charge in [0, 0.05) is 16.1 Å². The quantitative estimate of drug-likeness (QED) is 0.897. The van der Waals surface area contributed by atoms with Gasteiger partial charge < -0.3 is 5.32 Å². The summed E-state index contributed by atoms with van der Waals surface area (Å²) in [6.45, 7) is 0. The molecule has 2 aromatic carbocycles. The first-order chi connectivity index (χ1) is 8.70. The van der Waals surface area contributed by atoms with Crippen molar-refractivity contribution < 1.29 is 4.39 Å². The number of hydrogen-bond acceptors (Lipinski definition) is 1. The van der Waals surface area contributed by atoms with Crippen LogP contribution in [-0.2, 0) is 6.42 Å². The molecule has 0 saturated carbocycles. The van der Waals surface area contributed by atoms with Gasteiger partial charge in [0.25, 0.3) is 0 Å². The Labute approximate surface area is 115 Å². The predicted octanol–water partition coefficient (Wildman–Crippen LogP) is 4.09. The molecule has 1 atom stereocenters. The number of likely N-dealkylation sites (N-methyl/N-ethyl adjacent to an activating group) is 1. The van der Waals surface area contributed by atoms with Crippen LogP contribution in [0.4, 0.5) is 4.39 Å². The van der Waals surface area contributed by atoms with E-state index in [0.717, 1.165) is 10.9 Å². The van der Waals surface area contributed by atoms with Crippen LogP contribution in [0.15, 0.2) is 53.0 Å². The molecule has 0 aromatic heterocycles. The maximum Gasteiger partial charge on any atom is 0.127 e. The average Bonchev–Trinajstić information content (AvgIpc) is 2.37. The van der Waals surface area contributed by atoms with Crippen molar-refractivity contribution in [1.82, 2.24) is 5.32 Å². The number of benzene rings is 2. The van der Waals surface area contributed by atoms with E-state index in [9.17, 15) is 4.39 Å². The highest BCUT2D eigenvalue weighted by Gasteiger charge is 2.13. The Balaban J connectivity index is 2.23. The monoisotopic (exact) mass is 307 g/mol. The summed E-state index contributed by atoms with van der Waals surface area (Å²) in [4.78, 5) is 0. The van der Waals surface area contributed by atoms with Crippen LogP contribution in [0, 0.1) is 5.82 Å². The second-order valence-electron chi connectivity index (χ2n) is 4.20. The van der Waals surface area contributed by atoms with Gasteiger partial charge >= 0.3 is 0 Å². The average molecular weight is 308 g/mol. The van der Waals surface area contributed by atoms with Crippen LogP contribution in [0.1, 0.15) is 17.2 Å². The summed E-state index contributed by atoms with van der Waals surface area (Å²) in [6, 6.07) is 15.0. The molecule has 1 N–H and O–H groups in total. The topological polar surface area (TPSA) is 12.0 Å². The van der Waals surface area contributed by atoms with Crippen LogP contribution < -0.4 is 5.32 Å². The second-order valence-corrected chi connectivity index (χ2v) is 5.11. The largest absolute Gasteiger partial charge is 0.313 e. The highest BCUT2D eigenvalue weighted by Crippen LogP contribution is 2.22. The molecule has 0 fully saturated rings. The van der Waals surface area contributed by atoms with Crippen LogP contribution >= 0.6 is 15.9 Å². The van der Waals surface area contributed by atoms with Crippen molar-refractivity contribution in [3.8, 4) is 0 Å². The molecule has 18 heavy (non-hydrogen) atoms. The smallest absolute Gasteiger partial charge is 0.127 e. The van der Waals surface area contributed by atoms with Gasteiger partial charge in [0.15, 0.2) is 0 Å². The normalized spacial score (nSPS) is 12.4. The molecular formula is C15H15BrFN. The van der Waals surface area contributed by atoms with Crippen molar-refractivity contribution in [1.29, 1.82) is 0 Å². The molecular weight excluding hydrogens is 293 g/mol. The molecule has 0 aliphatic carbocycles. The van der Waals surface area contributed by atoms with Crippen LogP contribution in [0.5, 0.6) is 0 Å². The Kier molecular flexibility index (Phi) is 4.50. The van der Waals surface area contributed by atoms with Gasteiger partial charge in [-0.2, -0.15) is 0 Å². The van der Waals surface area contributed by atoms with Gasteiger partial charge in [-0.05, 0) is 37.2 Å². The zero-order chi connectivity index (χ0) is 13.0. The Morgan fingerprint density at radius 2 is 1.94 bits per heavy atom. The Bertz CT molecular complexity index is 527. The molecule has 0 bridgehead atoms. The van der Waals surface area contributed by atoms with E-state index in [0.29, 0.717) is 5.56 Å². The maximum absolute atomic E-state index is 13.8. The first kappa shape index (κ1) is 13.2. The molecule has 0 radical (unpaired) electrons. The van der Waals surface area contributed by atoms with Crippen molar-refractivity contribution in [3.63, 3.8) is 0 Å². The van der Waals surface area contributed by atoms with Gasteiger partial charge in [0.05, 0.1) is 0 Å². The van der Waals surface area contributed by atoms with E-state index < -0.39 is 0 Å². The summed E-state index contributed by atoms with van der Waals surface area (Å²) >= 11 is 3.45.